The minimum absolute atomic E-state index is 0.0610. The number of hydrogen-bond donors (Lipinski definition) is 1. The van der Waals surface area contributed by atoms with Crippen molar-refractivity contribution in [1.29, 1.82) is 0 Å². The Morgan fingerprint density at radius 2 is 2.00 bits per heavy atom. The standard InChI is InChI=1S/C19H24N4O2/c1-14-9-15(2)12-23(11-14)19(25)21-17-6-3-5-16(10-17)13-22-8-4-7-20-18(22)24/h3-8,10,14-15H,9,11-13H2,1-2H3,(H,21,25). The first kappa shape index (κ1) is 17.2. The topological polar surface area (TPSA) is 67.2 Å². The highest BCUT2D eigenvalue weighted by Gasteiger charge is 2.25. The number of amides is 2. The van der Waals surface area contributed by atoms with Crippen molar-refractivity contribution in [3.8, 4) is 0 Å². The number of anilines is 1. The summed E-state index contributed by atoms with van der Waals surface area (Å²) in [7, 11) is 0. The second-order valence-electron chi connectivity index (χ2n) is 7.01. The van der Waals surface area contributed by atoms with Crippen molar-refractivity contribution in [3.63, 3.8) is 0 Å². The lowest BCUT2D eigenvalue weighted by Crippen LogP contribution is -2.44. The molecule has 25 heavy (non-hydrogen) atoms. The molecule has 6 nitrogen and oxygen atoms in total. The van der Waals surface area contributed by atoms with E-state index in [0.29, 0.717) is 18.4 Å². The highest BCUT2D eigenvalue weighted by atomic mass is 16.2. The zero-order valence-corrected chi connectivity index (χ0v) is 14.7. The summed E-state index contributed by atoms with van der Waals surface area (Å²) in [4.78, 5) is 29.9. The molecular formula is C19H24N4O2. The van der Waals surface area contributed by atoms with Crippen LogP contribution in [0.4, 0.5) is 10.5 Å². The highest BCUT2D eigenvalue weighted by Crippen LogP contribution is 2.22. The average Bonchev–Trinajstić information content (AvgIpc) is 2.56. The van der Waals surface area contributed by atoms with Crippen molar-refractivity contribution < 1.29 is 4.79 Å². The number of rotatable bonds is 3. The van der Waals surface area contributed by atoms with Gasteiger partial charge in [0, 0.05) is 31.2 Å². The predicted molar refractivity (Wildman–Crippen MR) is 97.6 cm³/mol. The molecule has 1 fully saturated rings. The molecule has 1 aliphatic rings. The smallest absolute Gasteiger partial charge is 0.324 e. The molecule has 0 radical (unpaired) electrons. The van der Waals surface area contributed by atoms with Gasteiger partial charge in [-0.15, -0.1) is 0 Å². The Labute approximate surface area is 147 Å². The van der Waals surface area contributed by atoms with Crippen LogP contribution in [0.2, 0.25) is 0 Å². The minimum atomic E-state index is -0.284. The van der Waals surface area contributed by atoms with E-state index in [0.717, 1.165) is 24.3 Å². The molecule has 132 valence electrons. The van der Waals surface area contributed by atoms with E-state index in [9.17, 15) is 9.59 Å². The van der Waals surface area contributed by atoms with E-state index in [-0.39, 0.29) is 11.7 Å². The van der Waals surface area contributed by atoms with Gasteiger partial charge in [0.15, 0.2) is 0 Å². The van der Waals surface area contributed by atoms with Crippen molar-refractivity contribution >= 4 is 11.7 Å². The van der Waals surface area contributed by atoms with Gasteiger partial charge in [0.05, 0.1) is 6.54 Å². The fourth-order valence-corrected chi connectivity index (χ4v) is 3.48. The normalized spacial score (nSPS) is 20.3. The van der Waals surface area contributed by atoms with E-state index < -0.39 is 0 Å². The maximum atomic E-state index is 12.5. The van der Waals surface area contributed by atoms with Gasteiger partial charge in [-0.05, 0) is 42.0 Å². The van der Waals surface area contributed by atoms with Crippen LogP contribution in [-0.4, -0.2) is 33.6 Å². The summed E-state index contributed by atoms with van der Waals surface area (Å²) < 4.78 is 1.54. The van der Waals surface area contributed by atoms with Crippen LogP contribution < -0.4 is 11.0 Å². The lowest BCUT2D eigenvalue weighted by molar-refractivity contribution is 0.156. The summed E-state index contributed by atoms with van der Waals surface area (Å²) in [5.41, 5.74) is 1.40. The van der Waals surface area contributed by atoms with Crippen molar-refractivity contribution in [3.05, 3.63) is 58.8 Å². The molecule has 2 unspecified atom stereocenters. The van der Waals surface area contributed by atoms with Crippen LogP contribution in [0, 0.1) is 11.8 Å². The first-order chi connectivity index (χ1) is 12.0. The molecule has 3 rings (SSSR count). The van der Waals surface area contributed by atoms with Crippen molar-refractivity contribution in [2.45, 2.75) is 26.8 Å². The largest absolute Gasteiger partial charge is 0.347 e. The number of benzene rings is 1. The summed E-state index contributed by atoms with van der Waals surface area (Å²) in [5.74, 6) is 1.05. The van der Waals surface area contributed by atoms with E-state index in [4.69, 9.17) is 0 Å². The quantitative estimate of drug-likeness (QED) is 0.934. The van der Waals surface area contributed by atoms with Crippen LogP contribution in [-0.2, 0) is 6.54 Å². The third kappa shape index (κ3) is 4.47. The Bertz CT molecular complexity index is 792. The number of carbonyl (C=O) groups is 1. The van der Waals surface area contributed by atoms with E-state index in [2.05, 4.69) is 24.1 Å². The fourth-order valence-electron chi connectivity index (χ4n) is 3.48. The molecule has 2 heterocycles. The van der Waals surface area contributed by atoms with Gasteiger partial charge >= 0.3 is 11.7 Å². The number of likely N-dealkylation sites (tertiary alicyclic amines) is 1. The molecule has 0 aliphatic carbocycles. The Hall–Kier alpha value is -2.63. The second kappa shape index (κ2) is 7.51. The van der Waals surface area contributed by atoms with Gasteiger partial charge < -0.3 is 10.2 Å². The molecule has 2 atom stereocenters. The summed E-state index contributed by atoms with van der Waals surface area (Å²) in [5, 5.41) is 2.98. The van der Waals surface area contributed by atoms with Gasteiger partial charge in [0.2, 0.25) is 0 Å². The summed E-state index contributed by atoms with van der Waals surface area (Å²) in [6.45, 7) is 6.38. The monoisotopic (exact) mass is 340 g/mol. The number of aromatic nitrogens is 2. The fraction of sp³-hybridized carbons (Fsp3) is 0.421. The number of hydrogen-bond acceptors (Lipinski definition) is 3. The van der Waals surface area contributed by atoms with Crippen LogP contribution >= 0.6 is 0 Å². The molecule has 2 amide bonds. The minimum Gasteiger partial charge on any atom is -0.324 e. The summed E-state index contributed by atoms with van der Waals surface area (Å²) >= 11 is 0. The van der Waals surface area contributed by atoms with Crippen molar-refractivity contribution in [2.24, 2.45) is 11.8 Å². The van der Waals surface area contributed by atoms with Crippen LogP contribution in [0.3, 0.4) is 0 Å². The van der Waals surface area contributed by atoms with E-state index in [1.807, 2.05) is 29.2 Å². The maximum Gasteiger partial charge on any atom is 0.347 e. The van der Waals surface area contributed by atoms with Gasteiger partial charge in [0.25, 0.3) is 0 Å². The SMILES string of the molecule is CC1CC(C)CN(C(=O)Nc2cccc(Cn3cccnc3=O)c2)C1. The maximum absolute atomic E-state index is 12.5. The summed E-state index contributed by atoms with van der Waals surface area (Å²) in [6.07, 6.45) is 4.35. The molecule has 0 spiro atoms. The third-order valence-corrected chi connectivity index (χ3v) is 4.47. The van der Waals surface area contributed by atoms with Gasteiger partial charge in [-0.3, -0.25) is 4.57 Å². The number of nitrogens with one attached hydrogen (secondary N) is 1. The van der Waals surface area contributed by atoms with Gasteiger partial charge in [-0.1, -0.05) is 26.0 Å². The molecule has 6 heteroatoms. The number of urea groups is 1. The Morgan fingerprint density at radius 1 is 1.24 bits per heavy atom. The number of carbonyl (C=O) groups excluding carboxylic acids is 1. The molecule has 1 N–H and O–H groups in total. The van der Waals surface area contributed by atoms with E-state index >= 15 is 0 Å². The van der Waals surface area contributed by atoms with Gasteiger partial charge in [-0.2, -0.15) is 0 Å². The predicted octanol–water partition coefficient (Wildman–Crippen LogP) is 2.80. The first-order valence-corrected chi connectivity index (χ1v) is 8.67. The molecule has 2 aromatic rings. The zero-order valence-electron chi connectivity index (χ0n) is 14.7. The molecule has 1 aromatic heterocycles. The molecule has 1 saturated heterocycles. The molecule has 1 aromatic carbocycles. The second-order valence-corrected chi connectivity index (χ2v) is 7.01. The average molecular weight is 340 g/mol. The summed E-state index contributed by atoms with van der Waals surface area (Å²) in [6, 6.07) is 9.24. The lowest BCUT2D eigenvalue weighted by atomic mass is 9.92. The zero-order chi connectivity index (χ0) is 17.8. The number of piperidine rings is 1. The van der Waals surface area contributed by atoms with Crippen LogP contribution in [0.1, 0.15) is 25.8 Å². The highest BCUT2D eigenvalue weighted by molar-refractivity contribution is 5.89. The molecule has 1 aliphatic heterocycles. The van der Waals surface area contributed by atoms with Crippen LogP contribution in [0.5, 0.6) is 0 Å². The van der Waals surface area contributed by atoms with E-state index in [1.54, 1.807) is 12.3 Å². The van der Waals surface area contributed by atoms with Gasteiger partial charge in [0.1, 0.15) is 0 Å². The van der Waals surface area contributed by atoms with Crippen LogP contribution in [0.25, 0.3) is 0 Å². The Kier molecular flexibility index (Phi) is 5.16. The molecule has 0 saturated carbocycles. The number of nitrogens with zero attached hydrogens (tertiary/aromatic N) is 3. The van der Waals surface area contributed by atoms with Gasteiger partial charge in [-0.25, -0.2) is 14.6 Å². The molecular weight excluding hydrogens is 316 g/mol. The van der Waals surface area contributed by atoms with E-state index in [1.165, 1.54) is 17.2 Å². The molecule has 0 bridgehead atoms. The first-order valence-electron chi connectivity index (χ1n) is 8.67. The van der Waals surface area contributed by atoms with Crippen molar-refractivity contribution in [1.82, 2.24) is 14.5 Å². The Balaban J connectivity index is 1.68. The third-order valence-electron chi connectivity index (χ3n) is 4.47. The lowest BCUT2D eigenvalue weighted by Gasteiger charge is -2.34. The van der Waals surface area contributed by atoms with Crippen LogP contribution in [0.15, 0.2) is 47.5 Å². The van der Waals surface area contributed by atoms with Crippen molar-refractivity contribution in [2.75, 3.05) is 18.4 Å². The Morgan fingerprint density at radius 3 is 2.72 bits per heavy atom.